The van der Waals surface area contributed by atoms with Crippen LogP contribution in [0.4, 0.5) is 25.0 Å². The van der Waals surface area contributed by atoms with Gasteiger partial charge in [0.05, 0.1) is 18.0 Å². The number of halogens is 2. The molecule has 1 heterocycles. The standard InChI is InChI=1S/C24H21F2N5O2/c1-3-33-24-29-22(16-9-7-15(2)8-10-16)31(30-24)19-6-4-5-18(14-19)27-23(32)28-21-12-11-17(25)13-20(21)26/h4-14H,3H2,1-2H3,(H2,27,28,32). The van der Waals surface area contributed by atoms with Crippen molar-refractivity contribution in [3.05, 3.63) is 83.9 Å². The van der Waals surface area contributed by atoms with Crippen LogP contribution < -0.4 is 15.4 Å². The third-order valence-corrected chi connectivity index (χ3v) is 4.70. The van der Waals surface area contributed by atoms with Gasteiger partial charge in [0, 0.05) is 17.3 Å². The van der Waals surface area contributed by atoms with E-state index in [1.807, 2.05) is 44.2 Å². The Morgan fingerprint density at radius 2 is 1.82 bits per heavy atom. The number of hydrogen-bond donors (Lipinski definition) is 2. The maximum atomic E-state index is 13.8. The van der Waals surface area contributed by atoms with Crippen LogP contribution in [0.1, 0.15) is 12.5 Å². The number of ether oxygens (including phenoxy) is 1. The molecule has 33 heavy (non-hydrogen) atoms. The minimum absolute atomic E-state index is 0.135. The van der Waals surface area contributed by atoms with Crippen LogP contribution in [0.2, 0.25) is 0 Å². The van der Waals surface area contributed by atoms with E-state index >= 15 is 0 Å². The van der Waals surface area contributed by atoms with Gasteiger partial charge in [-0.15, -0.1) is 5.10 Å². The van der Waals surface area contributed by atoms with Crippen molar-refractivity contribution in [2.45, 2.75) is 13.8 Å². The molecule has 0 aliphatic rings. The summed E-state index contributed by atoms with van der Waals surface area (Å²) < 4.78 is 34.0. The summed E-state index contributed by atoms with van der Waals surface area (Å²) in [4.78, 5) is 16.8. The number of urea groups is 1. The first-order chi connectivity index (χ1) is 15.9. The molecule has 7 nitrogen and oxygen atoms in total. The Morgan fingerprint density at radius 1 is 1.03 bits per heavy atom. The predicted octanol–water partition coefficient (Wildman–Crippen LogP) is 5.56. The van der Waals surface area contributed by atoms with Crippen LogP contribution in [0, 0.1) is 18.6 Å². The van der Waals surface area contributed by atoms with Crippen molar-refractivity contribution in [3.63, 3.8) is 0 Å². The van der Waals surface area contributed by atoms with E-state index in [1.54, 1.807) is 22.9 Å². The first kappa shape index (κ1) is 21.9. The molecule has 0 bridgehead atoms. The lowest BCUT2D eigenvalue weighted by Gasteiger charge is -2.11. The van der Waals surface area contributed by atoms with Crippen LogP contribution in [0.5, 0.6) is 6.01 Å². The summed E-state index contributed by atoms with van der Waals surface area (Å²) in [5.41, 5.74) is 2.90. The van der Waals surface area contributed by atoms with Gasteiger partial charge >= 0.3 is 12.0 Å². The average Bonchev–Trinajstić information content (AvgIpc) is 3.21. The minimum Gasteiger partial charge on any atom is -0.463 e. The molecule has 4 aromatic rings. The second-order valence-electron chi connectivity index (χ2n) is 7.18. The molecule has 0 fully saturated rings. The van der Waals surface area contributed by atoms with Crippen molar-refractivity contribution < 1.29 is 18.3 Å². The van der Waals surface area contributed by atoms with E-state index in [0.29, 0.717) is 29.9 Å². The van der Waals surface area contributed by atoms with Crippen molar-refractivity contribution in [1.82, 2.24) is 14.8 Å². The molecule has 0 unspecified atom stereocenters. The molecule has 0 saturated heterocycles. The normalized spacial score (nSPS) is 10.7. The van der Waals surface area contributed by atoms with Gasteiger partial charge in [0.2, 0.25) is 0 Å². The van der Waals surface area contributed by atoms with Crippen molar-refractivity contribution in [3.8, 4) is 23.1 Å². The SMILES string of the molecule is CCOc1nc(-c2ccc(C)cc2)n(-c2cccc(NC(=O)Nc3ccc(F)cc3F)c2)n1. The molecule has 3 aromatic carbocycles. The Labute approximate surface area is 189 Å². The van der Waals surface area contributed by atoms with Crippen molar-refractivity contribution >= 4 is 17.4 Å². The van der Waals surface area contributed by atoms with E-state index in [1.165, 1.54) is 0 Å². The van der Waals surface area contributed by atoms with E-state index in [0.717, 1.165) is 23.3 Å². The van der Waals surface area contributed by atoms with E-state index < -0.39 is 17.7 Å². The highest BCUT2D eigenvalue weighted by Crippen LogP contribution is 2.25. The number of aromatic nitrogens is 3. The molecule has 0 saturated carbocycles. The average molecular weight is 449 g/mol. The highest BCUT2D eigenvalue weighted by molar-refractivity contribution is 6.00. The molecule has 0 aliphatic carbocycles. The quantitative estimate of drug-likeness (QED) is 0.404. The number of aryl methyl sites for hydroxylation is 1. The molecular weight excluding hydrogens is 428 g/mol. The van der Waals surface area contributed by atoms with E-state index in [9.17, 15) is 13.6 Å². The summed E-state index contributed by atoms with van der Waals surface area (Å²) >= 11 is 0. The molecule has 2 amide bonds. The van der Waals surface area contributed by atoms with Crippen LogP contribution in [0.25, 0.3) is 17.1 Å². The summed E-state index contributed by atoms with van der Waals surface area (Å²) in [6, 6.07) is 17.2. The van der Waals surface area contributed by atoms with E-state index in [-0.39, 0.29) is 11.7 Å². The Bertz CT molecular complexity index is 1290. The zero-order chi connectivity index (χ0) is 23.4. The highest BCUT2D eigenvalue weighted by Gasteiger charge is 2.15. The topological polar surface area (TPSA) is 81.1 Å². The highest BCUT2D eigenvalue weighted by atomic mass is 19.1. The van der Waals surface area contributed by atoms with Gasteiger partial charge in [-0.2, -0.15) is 4.98 Å². The van der Waals surface area contributed by atoms with Gasteiger partial charge < -0.3 is 15.4 Å². The van der Waals surface area contributed by atoms with Gasteiger partial charge in [-0.3, -0.25) is 0 Å². The minimum atomic E-state index is -0.868. The number of carbonyl (C=O) groups is 1. The second kappa shape index (κ2) is 9.47. The number of anilines is 2. The molecular formula is C24H21F2N5O2. The van der Waals surface area contributed by atoms with Gasteiger partial charge in [0.1, 0.15) is 11.6 Å². The molecule has 1 aromatic heterocycles. The molecule has 9 heteroatoms. The van der Waals surface area contributed by atoms with Crippen LogP contribution in [-0.4, -0.2) is 27.4 Å². The molecule has 4 rings (SSSR count). The summed E-state index contributed by atoms with van der Waals surface area (Å²) in [5, 5.41) is 9.45. The lowest BCUT2D eigenvalue weighted by atomic mass is 10.1. The van der Waals surface area contributed by atoms with Crippen LogP contribution in [0.3, 0.4) is 0 Å². The third-order valence-electron chi connectivity index (χ3n) is 4.70. The number of carbonyl (C=O) groups excluding carboxylic acids is 1. The fourth-order valence-electron chi connectivity index (χ4n) is 3.14. The largest absolute Gasteiger partial charge is 0.463 e. The Kier molecular flexibility index (Phi) is 6.30. The van der Waals surface area contributed by atoms with Gasteiger partial charge in [0.15, 0.2) is 5.82 Å². The molecule has 2 N–H and O–H groups in total. The molecule has 0 aliphatic heterocycles. The number of nitrogens with zero attached hydrogens (tertiary/aromatic N) is 3. The third kappa shape index (κ3) is 5.15. The zero-order valence-corrected chi connectivity index (χ0v) is 18.0. The number of nitrogens with one attached hydrogen (secondary N) is 2. The number of amides is 2. The number of benzene rings is 3. The summed E-state index contributed by atoms with van der Waals surface area (Å²) in [7, 11) is 0. The molecule has 0 atom stereocenters. The van der Waals surface area contributed by atoms with E-state index in [4.69, 9.17) is 4.74 Å². The molecule has 168 valence electrons. The Hall–Kier alpha value is -4.27. The first-order valence-corrected chi connectivity index (χ1v) is 10.2. The number of rotatable bonds is 6. The van der Waals surface area contributed by atoms with Crippen LogP contribution in [0.15, 0.2) is 66.7 Å². The van der Waals surface area contributed by atoms with Crippen molar-refractivity contribution in [1.29, 1.82) is 0 Å². The zero-order valence-electron chi connectivity index (χ0n) is 18.0. The van der Waals surface area contributed by atoms with Gasteiger partial charge in [-0.05, 0) is 44.2 Å². The fourth-order valence-corrected chi connectivity index (χ4v) is 3.14. The lowest BCUT2D eigenvalue weighted by Crippen LogP contribution is -2.20. The Morgan fingerprint density at radius 3 is 2.55 bits per heavy atom. The van der Waals surface area contributed by atoms with Crippen LogP contribution >= 0.6 is 0 Å². The van der Waals surface area contributed by atoms with Gasteiger partial charge in [-0.25, -0.2) is 18.3 Å². The summed E-state index contributed by atoms with van der Waals surface area (Å²) in [6.45, 7) is 4.26. The van der Waals surface area contributed by atoms with Crippen LogP contribution in [-0.2, 0) is 0 Å². The Balaban J connectivity index is 1.60. The number of hydrogen-bond acceptors (Lipinski definition) is 4. The molecule has 0 radical (unpaired) electrons. The van der Waals surface area contributed by atoms with Crippen molar-refractivity contribution in [2.75, 3.05) is 17.2 Å². The lowest BCUT2D eigenvalue weighted by molar-refractivity contribution is 0.262. The molecule has 0 spiro atoms. The summed E-state index contributed by atoms with van der Waals surface area (Å²) in [6.07, 6.45) is 0. The smallest absolute Gasteiger partial charge is 0.336 e. The first-order valence-electron chi connectivity index (χ1n) is 10.2. The second-order valence-corrected chi connectivity index (χ2v) is 7.18. The van der Waals surface area contributed by atoms with Crippen molar-refractivity contribution in [2.24, 2.45) is 0 Å². The predicted molar refractivity (Wildman–Crippen MR) is 122 cm³/mol. The van der Waals surface area contributed by atoms with E-state index in [2.05, 4.69) is 20.7 Å². The maximum absolute atomic E-state index is 13.8. The summed E-state index contributed by atoms with van der Waals surface area (Å²) in [5.74, 6) is -1.02. The van der Waals surface area contributed by atoms with Gasteiger partial charge in [0.25, 0.3) is 0 Å². The fraction of sp³-hybridized carbons (Fsp3) is 0.125. The van der Waals surface area contributed by atoms with Gasteiger partial charge in [-0.1, -0.05) is 35.9 Å². The monoisotopic (exact) mass is 449 g/mol. The maximum Gasteiger partial charge on any atom is 0.336 e.